The number of rotatable bonds is 5. The van der Waals surface area contributed by atoms with E-state index in [4.69, 9.17) is 10.5 Å². The fourth-order valence-electron chi connectivity index (χ4n) is 1.59. The predicted molar refractivity (Wildman–Crippen MR) is 75.9 cm³/mol. The lowest BCUT2D eigenvalue weighted by molar-refractivity contribution is 0.399. The van der Waals surface area contributed by atoms with E-state index in [2.05, 4.69) is 4.72 Å². The molecule has 6 heteroatoms. The second-order valence-electron chi connectivity index (χ2n) is 5.28. The highest BCUT2D eigenvalue weighted by Crippen LogP contribution is 2.27. The molecule has 0 saturated carbocycles. The van der Waals surface area contributed by atoms with Gasteiger partial charge in [0.05, 0.1) is 7.11 Å². The van der Waals surface area contributed by atoms with E-state index in [0.717, 1.165) is 11.1 Å². The maximum absolute atomic E-state index is 12.4. The maximum Gasteiger partial charge on any atom is 0.244 e. The van der Waals surface area contributed by atoms with Gasteiger partial charge in [-0.3, -0.25) is 0 Å². The first-order valence-electron chi connectivity index (χ1n) is 6.02. The molecule has 0 radical (unpaired) electrons. The summed E-state index contributed by atoms with van der Waals surface area (Å²) in [7, 11) is -2.21. The van der Waals surface area contributed by atoms with Gasteiger partial charge in [0.2, 0.25) is 10.0 Å². The molecule has 1 aromatic carbocycles. The highest BCUT2D eigenvalue weighted by molar-refractivity contribution is 7.89. The quantitative estimate of drug-likeness (QED) is 0.855. The Labute approximate surface area is 115 Å². The highest BCUT2D eigenvalue weighted by Gasteiger charge is 2.27. The second kappa shape index (κ2) is 5.48. The number of nitrogens with two attached hydrogens (primary N) is 1. The first kappa shape index (κ1) is 15.9. The minimum absolute atomic E-state index is 0.139. The molecule has 0 amide bonds. The van der Waals surface area contributed by atoms with Gasteiger partial charge in [-0.05, 0) is 51.0 Å². The lowest BCUT2D eigenvalue weighted by Crippen LogP contribution is -2.48. The first-order valence-corrected chi connectivity index (χ1v) is 7.50. The molecule has 0 heterocycles. The zero-order valence-electron chi connectivity index (χ0n) is 12.1. The van der Waals surface area contributed by atoms with Crippen LogP contribution in [0.2, 0.25) is 0 Å². The van der Waals surface area contributed by atoms with Crippen molar-refractivity contribution in [3.8, 4) is 5.75 Å². The Bertz CT molecular complexity index is 565. The molecular formula is C13H22N2O3S. The minimum atomic E-state index is -3.67. The SMILES string of the molecule is COc1cc(C)c(C)cc1S(=O)(=O)NC(C)(C)CN. The van der Waals surface area contributed by atoms with Gasteiger partial charge < -0.3 is 10.5 Å². The van der Waals surface area contributed by atoms with Crippen molar-refractivity contribution in [1.29, 1.82) is 0 Å². The van der Waals surface area contributed by atoms with Gasteiger partial charge in [-0.25, -0.2) is 13.1 Å². The summed E-state index contributed by atoms with van der Waals surface area (Å²) >= 11 is 0. The summed E-state index contributed by atoms with van der Waals surface area (Å²) in [5, 5.41) is 0. The summed E-state index contributed by atoms with van der Waals surface area (Å²) in [6, 6.07) is 3.34. The van der Waals surface area contributed by atoms with Gasteiger partial charge in [0.15, 0.2) is 0 Å². The van der Waals surface area contributed by atoms with Crippen LogP contribution < -0.4 is 15.2 Å². The number of nitrogens with one attached hydrogen (secondary N) is 1. The van der Waals surface area contributed by atoms with Gasteiger partial charge in [-0.1, -0.05) is 0 Å². The standard InChI is InChI=1S/C13H22N2O3S/c1-9-6-11(18-5)12(7-10(9)2)19(16,17)15-13(3,4)8-14/h6-7,15H,8,14H2,1-5H3. The number of sulfonamides is 1. The molecule has 0 unspecified atom stereocenters. The van der Waals surface area contributed by atoms with Gasteiger partial charge in [0.1, 0.15) is 10.6 Å². The molecule has 0 aliphatic heterocycles. The molecule has 0 aromatic heterocycles. The van der Waals surface area contributed by atoms with Crippen molar-refractivity contribution >= 4 is 10.0 Å². The van der Waals surface area contributed by atoms with E-state index in [0.29, 0.717) is 5.75 Å². The van der Waals surface area contributed by atoms with E-state index in [1.54, 1.807) is 26.0 Å². The molecule has 0 spiro atoms. The summed E-state index contributed by atoms with van der Waals surface area (Å²) in [5.41, 5.74) is 6.73. The minimum Gasteiger partial charge on any atom is -0.495 e. The zero-order valence-corrected chi connectivity index (χ0v) is 12.9. The van der Waals surface area contributed by atoms with E-state index in [9.17, 15) is 8.42 Å². The third-order valence-electron chi connectivity index (χ3n) is 2.99. The Kier molecular flexibility index (Phi) is 4.60. The Morgan fingerprint density at radius 1 is 1.26 bits per heavy atom. The molecule has 0 fully saturated rings. The zero-order chi connectivity index (χ0) is 14.8. The van der Waals surface area contributed by atoms with Gasteiger partial charge in [0.25, 0.3) is 0 Å². The van der Waals surface area contributed by atoms with Crippen LogP contribution >= 0.6 is 0 Å². The molecule has 0 saturated heterocycles. The molecule has 5 nitrogen and oxygen atoms in total. The lowest BCUT2D eigenvalue weighted by atomic mass is 10.1. The van der Waals surface area contributed by atoms with Crippen molar-refractivity contribution in [2.24, 2.45) is 5.73 Å². The van der Waals surface area contributed by atoms with Crippen molar-refractivity contribution in [3.05, 3.63) is 23.3 Å². The Morgan fingerprint density at radius 2 is 1.79 bits per heavy atom. The van der Waals surface area contributed by atoms with Crippen molar-refractivity contribution in [2.75, 3.05) is 13.7 Å². The van der Waals surface area contributed by atoms with Crippen LogP contribution in [-0.4, -0.2) is 27.6 Å². The van der Waals surface area contributed by atoms with Crippen LogP contribution in [0.25, 0.3) is 0 Å². The molecule has 1 aromatic rings. The van der Waals surface area contributed by atoms with Crippen molar-refractivity contribution in [3.63, 3.8) is 0 Å². The number of hydrogen-bond acceptors (Lipinski definition) is 4. The Balaban J connectivity index is 3.32. The Hall–Kier alpha value is -1.11. The van der Waals surface area contributed by atoms with Gasteiger partial charge in [-0.2, -0.15) is 0 Å². The number of benzene rings is 1. The number of methoxy groups -OCH3 is 1. The van der Waals surface area contributed by atoms with Gasteiger partial charge in [0, 0.05) is 12.1 Å². The van der Waals surface area contributed by atoms with E-state index in [1.807, 2.05) is 13.8 Å². The second-order valence-corrected chi connectivity index (χ2v) is 6.93. The van der Waals surface area contributed by atoms with E-state index < -0.39 is 15.6 Å². The van der Waals surface area contributed by atoms with Gasteiger partial charge >= 0.3 is 0 Å². The fraction of sp³-hybridized carbons (Fsp3) is 0.538. The molecular weight excluding hydrogens is 264 g/mol. The van der Waals surface area contributed by atoms with Crippen LogP contribution in [0, 0.1) is 13.8 Å². The molecule has 3 N–H and O–H groups in total. The highest BCUT2D eigenvalue weighted by atomic mass is 32.2. The smallest absolute Gasteiger partial charge is 0.244 e. The third kappa shape index (κ3) is 3.68. The Morgan fingerprint density at radius 3 is 2.26 bits per heavy atom. The summed E-state index contributed by atoms with van der Waals surface area (Å²) < 4.78 is 32.6. The summed E-state index contributed by atoms with van der Waals surface area (Å²) in [6.45, 7) is 7.45. The predicted octanol–water partition coefficient (Wildman–Crippen LogP) is 1.33. The van der Waals surface area contributed by atoms with Crippen LogP contribution in [0.5, 0.6) is 5.75 Å². The summed E-state index contributed by atoms with van der Waals surface area (Å²) in [4.78, 5) is 0.139. The number of hydrogen-bond donors (Lipinski definition) is 2. The summed E-state index contributed by atoms with van der Waals surface area (Å²) in [6.07, 6.45) is 0. The molecule has 0 aliphatic carbocycles. The van der Waals surface area contributed by atoms with Crippen molar-refractivity contribution < 1.29 is 13.2 Å². The number of ether oxygens (including phenoxy) is 1. The first-order chi connectivity index (χ1) is 8.63. The van der Waals surface area contributed by atoms with E-state index >= 15 is 0 Å². The normalized spacial score (nSPS) is 12.5. The monoisotopic (exact) mass is 286 g/mol. The van der Waals surface area contributed by atoms with Crippen LogP contribution in [0.3, 0.4) is 0 Å². The molecule has 0 atom stereocenters. The third-order valence-corrected chi connectivity index (χ3v) is 4.71. The topological polar surface area (TPSA) is 81.4 Å². The molecule has 1 rings (SSSR count). The van der Waals surface area contributed by atoms with Crippen molar-refractivity contribution in [2.45, 2.75) is 38.1 Å². The maximum atomic E-state index is 12.4. The van der Waals surface area contributed by atoms with Crippen LogP contribution in [-0.2, 0) is 10.0 Å². The summed E-state index contributed by atoms with van der Waals surface area (Å²) in [5.74, 6) is 0.337. The fourth-order valence-corrected chi connectivity index (χ4v) is 3.25. The largest absolute Gasteiger partial charge is 0.495 e. The van der Waals surface area contributed by atoms with Crippen molar-refractivity contribution in [1.82, 2.24) is 4.72 Å². The van der Waals surface area contributed by atoms with E-state index in [1.165, 1.54) is 7.11 Å². The van der Waals surface area contributed by atoms with Crippen LogP contribution in [0.15, 0.2) is 17.0 Å². The molecule has 0 aliphatic rings. The molecule has 19 heavy (non-hydrogen) atoms. The van der Waals surface area contributed by atoms with Crippen LogP contribution in [0.1, 0.15) is 25.0 Å². The van der Waals surface area contributed by atoms with E-state index in [-0.39, 0.29) is 11.4 Å². The number of aryl methyl sites for hydroxylation is 2. The average molecular weight is 286 g/mol. The lowest BCUT2D eigenvalue weighted by Gasteiger charge is -2.24. The average Bonchev–Trinajstić information content (AvgIpc) is 2.30. The van der Waals surface area contributed by atoms with Crippen LogP contribution in [0.4, 0.5) is 0 Å². The molecule has 0 bridgehead atoms. The molecule has 108 valence electrons. The van der Waals surface area contributed by atoms with Gasteiger partial charge in [-0.15, -0.1) is 0 Å².